The van der Waals surface area contributed by atoms with Crippen molar-refractivity contribution < 1.29 is 14.3 Å². The highest BCUT2D eigenvalue weighted by atomic mass is 16.5. The lowest BCUT2D eigenvalue weighted by Gasteiger charge is -2.30. The summed E-state index contributed by atoms with van der Waals surface area (Å²) in [5.41, 5.74) is 6.58. The van der Waals surface area contributed by atoms with Gasteiger partial charge in [-0.05, 0) is 53.6 Å². The van der Waals surface area contributed by atoms with Gasteiger partial charge in [-0.1, -0.05) is 72.3 Å². The van der Waals surface area contributed by atoms with Crippen molar-refractivity contribution >= 4 is 17.8 Å². The number of carbonyl (C=O) groups is 2. The van der Waals surface area contributed by atoms with E-state index in [1.807, 2.05) is 36.4 Å². The summed E-state index contributed by atoms with van der Waals surface area (Å²) in [6, 6.07) is 23.7. The molecule has 0 N–H and O–H groups in total. The zero-order chi connectivity index (χ0) is 20.7. The lowest BCUT2D eigenvalue weighted by atomic mass is 9.71. The van der Waals surface area contributed by atoms with E-state index in [9.17, 15) is 9.59 Å². The number of carbonyl (C=O) groups excluding carboxylic acids is 2. The summed E-state index contributed by atoms with van der Waals surface area (Å²) in [7, 11) is 1.38. The van der Waals surface area contributed by atoms with Gasteiger partial charge >= 0.3 is 5.97 Å². The van der Waals surface area contributed by atoms with Gasteiger partial charge < -0.3 is 4.74 Å². The average molecular weight is 394 g/mol. The van der Waals surface area contributed by atoms with E-state index in [1.54, 1.807) is 12.1 Å². The number of ether oxygens (including phenoxy) is 1. The van der Waals surface area contributed by atoms with E-state index in [1.165, 1.54) is 23.8 Å². The van der Waals surface area contributed by atoms with E-state index >= 15 is 0 Å². The standard InChI is InChI=1S/C27H22O3/c1-30-26(29)19-12-10-18(11-13-19)16-27(17-22-8-4-5-9-24(22)25(27)28)23-14-20-6-2-3-7-21(20)15-23/h2-14H,15-17H2,1H3. The van der Waals surface area contributed by atoms with E-state index in [0.717, 1.165) is 23.1 Å². The van der Waals surface area contributed by atoms with Crippen LogP contribution in [0.4, 0.5) is 0 Å². The molecule has 0 radical (unpaired) electrons. The molecule has 3 aromatic rings. The van der Waals surface area contributed by atoms with Gasteiger partial charge in [-0.25, -0.2) is 4.79 Å². The number of methoxy groups -OCH3 is 1. The van der Waals surface area contributed by atoms with Crippen LogP contribution in [0, 0.1) is 5.41 Å². The number of rotatable bonds is 4. The van der Waals surface area contributed by atoms with Crippen LogP contribution in [0.2, 0.25) is 0 Å². The van der Waals surface area contributed by atoms with Crippen molar-refractivity contribution in [2.24, 2.45) is 5.41 Å². The molecule has 0 saturated carbocycles. The third-order valence-electron chi connectivity index (χ3n) is 6.45. The Bertz CT molecular complexity index is 1190. The van der Waals surface area contributed by atoms with Crippen LogP contribution in [0.25, 0.3) is 6.08 Å². The van der Waals surface area contributed by atoms with Crippen LogP contribution in [-0.2, 0) is 24.0 Å². The molecule has 148 valence electrons. The zero-order valence-electron chi connectivity index (χ0n) is 16.9. The molecule has 1 unspecified atom stereocenters. The maximum absolute atomic E-state index is 13.8. The molecule has 3 aromatic carbocycles. The molecule has 3 nitrogen and oxygen atoms in total. The Morgan fingerprint density at radius 3 is 2.33 bits per heavy atom. The molecule has 3 heteroatoms. The van der Waals surface area contributed by atoms with Gasteiger partial charge in [-0.2, -0.15) is 0 Å². The van der Waals surface area contributed by atoms with E-state index in [0.29, 0.717) is 18.4 Å². The first-order valence-corrected chi connectivity index (χ1v) is 10.2. The first kappa shape index (κ1) is 18.6. The van der Waals surface area contributed by atoms with Gasteiger partial charge in [0.2, 0.25) is 0 Å². The molecule has 1 atom stereocenters. The van der Waals surface area contributed by atoms with Gasteiger partial charge in [0, 0.05) is 5.56 Å². The molecule has 2 aliphatic carbocycles. The van der Waals surface area contributed by atoms with Crippen LogP contribution >= 0.6 is 0 Å². The van der Waals surface area contributed by atoms with Crippen molar-refractivity contribution in [3.05, 3.63) is 112 Å². The largest absolute Gasteiger partial charge is 0.465 e. The van der Waals surface area contributed by atoms with E-state index in [2.05, 4.69) is 30.3 Å². The molecule has 30 heavy (non-hydrogen) atoms. The number of hydrogen-bond donors (Lipinski definition) is 0. The Hall–Kier alpha value is -3.46. The number of ketones is 1. The van der Waals surface area contributed by atoms with Gasteiger partial charge in [0.1, 0.15) is 0 Å². The SMILES string of the molecule is COC(=O)c1ccc(CC2(C3=Cc4ccccc4C3)Cc3ccccc3C2=O)cc1. The van der Waals surface area contributed by atoms with Gasteiger partial charge in [-0.3, -0.25) is 4.79 Å². The molecule has 0 amide bonds. The Morgan fingerprint density at radius 1 is 0.933 bits per heavy atom. The summed E-state index contributed by atoms with van der Waals surface area (Å²) in [6.45, 7) is 0. The smallest absolute Gasteiger partial charge is 0.337 e. The maximum Gasteiger partial charge on any atom is 0.337 e. The lowest BCUT2D eigenvalue weighted by molar-refractivity contribution is 0.0600. The molecule has 0 aromatic heterocycles. The van der Waals surface area contributed by atoms with E-state index in [4.69, 9.17) is 4.74 Å². The Balaban J connectivity index is 1.56. The highest BCUT2D eigenvalue weighted by Gasteiger charge is 2.48. The first-order chi connectivity index (χ1) is 14.6. The summed E-state index contributed by atoms with van der Waals surface area (Å²) in [5.74, 6) is -0.149. The fourth-order valence-electron chi connectivity index (χ4n) is 4.89. The van der Waals surface area contributed by atoms with Crippen LogP contribution in [0.3, 0.4) is 0 Å². The van der Waals surface area contributed by atoms with Gasteiger partial charge in [0.25, 0.3) is 0 Å². The summed E-state index contributed by atoms with van der Waals surface area (Å²) in [5, 5.41) is 0. The highest BCUT2D eigenvalue weighted by Crippen LogP contribution is 2.48. The van der Waals surface area contributed by atoms with Crippen LogP contribution in [0.5, 0.6) is 0 Å². The molecule has 0 aliphatic heterocycles. The second-order valence-corrected chi connectivity index (χ2v) is 8.16. The van der Waals surface area contributed by atoms with E-state index in [-0.39, 0.29) is 11.8 Å². The van der Waals surface area contributed by atoms with Gasteiger partial charge in [0.05, 0.1) is 18.1 Å². The van der Waals surface area contributed by atoms with Gasteiger partial charge in [-0.15, -0.1) is 0 Å². The van der Waals surface area contributed by atoms with Crippen molar-refractivity contribution in [3.8, 4) is 0 Å². The predicted octanol–water partition coefficient (Wildman–Crippen LogP) is 5.08. The Kier molecular flexibility index (Phi) is 4.39. The average Bonchev–Trinajstić information content (AvgIpc) is 3.34. The van der Waals surface area contributed by atoms with Crippen LogP contribution < -0.4 is 0 Å². The number of fused-ring (bicyclic) bond motifs is 2. The van der Waals surface area contributed by atoms with Crippen molar-refractivity contribution in [2.75, 3.05) is 7.11 Å². The molecule has 2 aliphatic rings. The monoisotopic (exact) mass is 394 g/mol. The number of allylic oxidation sites excluding steroid dienone is 1. The van der Waals surface area contributed by atoms with Crippen molar-refractivity contribution in [1.29, 1.82) is 0 Å². The van der Waals surface area contributed by atoms with Crippen LogP contribution in [0.15, 0.2) is 78.4 Å². The second kappa shape index (κ2) is 7.10. The predicted molar refractivity (Wildman–Crippen MR) is 117 cm³/mol. The highest BCUT2D eigenvalue weighted by molar-refractivity contribution is 6.08. The zero-order valence-corrected chi connectivity index (χ0v) is 16.9. The Morgan fingerprint density at radius 2 is 1.63 bits per heavy atom. The molecule has 5 rings (SSSR count). The molecule has 0 fully saturated rings. The summed E-state index contributed by atoms with van der Waals surface area (Å²) in [4.78, 5) is 25.6. The molecular formula is C27H22O3. The molecule has 0 heterocycles. The summed E-state index contributed by atoms with van der Waals surface area (Å²) < 4.78 is 4.80. The first-order valence-electron chi connectivity index (χ1n) is 10.2. The van der Waals surface area contributed by atoms with Crippen molar-refractivity contribution in [3.63, 3.8) is 0 Å². The minimum absolute atomic E-state index is 0.203. The van der Waals surface area contributed by atoms with Gasteiger partial charge in [0.15, 0.2) is 5.78 Å². The summed E-state index contributed by atoms with van der Waals surface area (Å²) >= 11 is 0. The second-order valence-electron chi connectivity index (χ2n) is 8.16. The van der Waals surface area contributed by atoms with Crippen molar-refractivity contribution in [2.45, 2.75) is 19.3 Å². The minimum Gasteiger partial charge on any atom is -0.465 e. The fourth-order valence-corrected chi connectivity index (χ4v) is 4.89. The number of Topliss-reactive ketones (excluding diaryl/α,β-unsaturated/α-hetero) is 1. The molecule has 0 saturated heterocycles. The lowest BCUT2D eigenvalue weighted by Crippen LogP contribution is -2.33. The van der Waals surface area contributed by atoms with Crippen LogP contribution in [-0.4, -0.2) is 18.9 Å². The van der Waals surface area contributed by atoms with E-state index < -0.39 is 5.41 Å². The summed E-state index contributed by atoms with van der Waals surface area (Å²) in [6.07, 6.45) is 4.33. The minimum atomic E-state index is -0.588. The third kappa shape index (κ3) is 2.89. The molecule has 0 bridgehead atoms. The normalized spacial score (nSPS) is 19.2. The topological polar surface area (TPSA) is 43.4 Å². The fraction of sp³-hybridized carbons (Fsp3) is 0.185. The number of benzene rings is 3. The van der Waals surface area contributed by atoms with Crippen LogP contribution in [0.1, 0.15) is 43.0 Å². The molecular weight excluding hydrogens is 372 g/mol. The van der Waals surface area contributed by atoms with Crippen molar-refractivity contribution in [1.82, 2.24) is 0 Å². The molecule has 0 spiro atoms. The number of hydrogen-bond acceptors (Lipinski definition) is 3. The maximum atomic E-state index is 13.8. The Labute approximate surface area is 176 Å². The number of esters is 1. The third-order valence-corrected chi connectivity index (χ3v) is 6.45. The quantitative estimate of drug-likeness (QED) is 0.580.